The van der Waals surface area contributed by atoms with Crippen LogP contribution in [0.15, 0.2) is 243 Å². The van der Waals surface area contributed by atoms with Crippen molar-refractivity contribution in [1.29, 1.82) is 0 Å². The molecule has 2 aromatic heterocycles. The Morgan fingerprint density at radius 3 is 0.967 bits per heavy atom. The molecule has 0 aliphatic rings. The number of hydrogen-bond donors (Lipinski definition) is 0. The van der Waals surface area contributed by atoms with Gasteiger partial charge in [0.05, 0.1) is 23.0 Å². The summed E-state index contributed by atoms with van der Waals surface area (Å²) in [6.45, 7) is 17.4. The molecule has 0 bridgehead atoms. The van der Waals surface area contributed by atoms with E-state index in [0.717, 1.165) is 80.5 Å². The van der Waals surface area contributed by atoms with Gasteiger partial charge >= 0.3 is 0 Å². The van der Waals surface area contributed by atoms with E-state index in [2.05, 4.69) is 297 Å². The smallest absolute Gasteiger partial charge is 0.261 e. The highest BCUT2D eigenvalue weighted by Crippen LogP contribution is 2.39. The minimum Gasteiger partial charge on any atom is -0.488 e. The van der Waals surface area contributed by atoms with Crippen molar-refractivity contribution in [2.45, 2.75) is 64.8 Å². The van der Waals surface area contributed by atoms with Gasteiger partial charge in [-0.05, 0) is 115 Å². The highest BCUT2D eigenvalue weighted by atomic mass is 128. The molecule has 10 rings (SSSR count). The molecule has 0 fully saturated rings. The minimum absolute atomic E-state index is 0.0737. The van der Waals surface area contributed by atoms with E-state index in [0.29, 0.717) is 36.2 Å². The second kappa shape index (κ2) is 34.8. The van der Waals surface area contributed by atoms with Crippen LogP contribution in [0.1, 0.15) is 92.9 Å². The number of aldehydes is 2. The first-order valence-electron chi connectivity index (χ1n) is 30.7. The molecule has 0 atom stereocenters. The van der Waals surface area contributed by atoms with E-state index in [1.807, 2.05) is 72.8 Å². The van der Waals surface area contributed by atoms with E-state index in [-0.39, 0.29) is 10.1 Å². The number of benzene rings is 8. The van der Waals surface area contributed by atoms with Crippen LogP contribution in [0.3, 0.4) is 0 Å². The molecule has 0 saturated heterocycles. The quantitative estimate of drug-likeness (QED) is 0.0301. The normalized spacial score (nSPS) is 11.7. The molecule has 0 aliphatic carbocycles. The van der Waals surface area contributed by atoms with Crippen LogP contribution in [0.4, 0.5) is 11.4 Å². The Labute approximate surface area is 579 Å². The molecule has 0 aliphatic heterocycles. The van der Waals surface area contributed by atoms with Crippen LogP contribution in [-0.2, 0) is 22.1 Å². The number of ether oxygens (including phenoxy) is 2. The molecule has 2 heterocycles. The molecule has 0 amide bonds. The summed E-state index contributed by atoms with van der Waals surface area (Å²) in [4.78, 5) is 30.2. The second-order valence-corrected chi connectivity index (χ2v) is 35.1. The topological polar surface area (TPSA) is 77.5 Å². The van der Waals surface area contributed by atoms with Gasteiger partial charge in [-0.25, -0.2) is 0 Å². The molecule has 0 saturated carbocycles. The largest absolute Gasteiger partial charge is 0.488 e. The maximum absolute atomic E-state index is 11.1. The summed E-state index contributed by atoms with van der Waals surface area (Å²) in [6, 6.07) is 83.8. The van der Waals surface area contributed by atoms with Gasteiger partial charge in [0, 0.05) is 109 Å². The van der Waals surface area contributed by atoms with Gasteiger partial charge in [-0.3, -0.25) is 9.59 Å². The predicted octanol–water partition coefficient (Wildman–Crippen LogP) is 18.4. The summed E-state index contributed by atoms with van der Waals surface area (Å²) in [6.07, 6.45) is 9.94. The Bertz CT molecular complexity index is 3580. The number of rotatable bonds is 26. The lowest BCUT2D eigenvalue weighted by Gasteiger charge is -2.43. The first-order chi connectivity index (χ1) is 44.6. The van der Waals surface area contributed by atoms with Gasteiger partial charge in [0.25, 0.3) is 16.6 Å². The van der Waals surface area contributed by atoms with Crippen molar-refractivity contribution in [2.75, 3.05) is 50.2 Å². The Morgan fingerprint density at radius 1 is 0.391 bits per heavy atom. The molecule has 10 aromatic rings. The standard InChI is InChI=1S/2C39H41NO3SSi.I2/c2*1-39(2,3)45(36-16-10-6-11-17-36,37-18-12-7-13-19-37)43-27-26-40(4)33-22-20-32(21-23-34-24-25-35(29-41)44-34)38(28-33)42-30-31-14-8-5-9-15-31;1-2/h2*5-25,28-29H,26-27,30H2,1-4H3;/b23-21+;;. The summed E-state index contributed by atoms with van der Waals surface area (Å²) in [5, 5.41) is 4.98. The Morgan fingerprint density at radius 2 is 0.685 bits per heavy atom. The second-order valence-electron chi connectivity index (χ2n) is 24.2. The van der Waals surface area contributed by atoms with Crippen molar-refractivity contribution in [1.82, 2.24) is 0 Å². The van der Waals surface area contributed by atoms with Crippen molar-refractivity contribution in [2.24, 2.45) is 0 Å². The number of nitrogens with zero attached hydrogens (tertiary/aromatic N) is 2. The first kappa shape index (κ1) is 70.9. The maximum atomic E-state index is 11.1. The molecular weight excluding hydrogens is 1430 g/mol. The summed E-state index contributed by atoms with van der Waals surface area (Å²) in [5.41, 5.74) is 6.29. The number of carbonyl (C=O) groups is 2. The SMILES string of the molecule is CN(CCO[Si](c1ccccc1)(c1ccccc1)C(C)(C)C)c1ccc(/C=C/c2ccc(C=O)s2)c(OCc2ccccc2)c1.CN(CCO[Si](c1ccccc1)(c1ccccc1)C(C)(C)C)c1ccc(C=Cc2ccc(C=O)s2)c(OCc2ccccc2)c1.II. The third-order valence-corrected chi connectivity index (χ3v) is 28.1. The lowest BCUT2D eigenvalue weighted by molar-refractivity contribution is 0.111. The van der Waals surface area contributed by atoms with Gasteiger partial charge in [0.2, 0.25) is 0 Å². The molecule has 0 spiro atoms. The summed E-state index contributed by atoms with van der Waals surface area (Å²) in [7, 11) is -1.02. The van der Waals surface area contributed by atoms with E-state index < -0.39 is 16.6 Å². The maximum Gasteiger partial charge on any atom is 0.261 e. The van der Waals surface area contributed by atoms with Gasteiger partial charge in [0.15, 0.2) is 12.6 Å². The minimum atomic E-state index is -2.61. The van der Waals surface area contributed by atoms with Gasteiger partial charge < -0.3 is 28.1 Å². The molecular formula is C78H82I2N2O6S2Si2. The van der Waals surface area contributed by atoms with Crippen LogP contribution in [0, 0.1) is 0 Å². The fourth-order valence-corrected chi connectivity index (χ4v) is 21.9. The lowest BCUT2D eigenvalue weighted by atomic mass is 10.1. The molecule has 14 heteroatoms. The Kier molecular flexibility index (Phi) is 26.8. The lowest BCUT2D eigenvalue weighted by Crippen LogP contribution is -2.67. The number of thiophene rings is 2. The monoisotopic (exact) mass is 1520 g/mol. The summed E-state index contributed by atoms with van der Waals surface area (Å²) < 4.78 is 27.1. The van der Waals surface area contributed by atoms with Gasteiger partial charge in [-0.1, -0.05) is 224 Å². The van der Waals surface area contributed by atoms with E-state index in [9.17, 15) is 9.59 Å². The third kappa shape index (κ3) is 18.6. The van der Waals surface area contributed by atoms with Crippen molar-refractivity contribution in [3.05, 3.63) is 284 Å². The number of likely N-dealkylation sites (N-methyl/N-ethyl adjacent to an activating group) is 2. The molecule has 8 nitrogen and oxygen atoms in total. The van der Waals surface area contributed by atoms with Crippen LogP contribution in [0.5, 0.6) is 11.5 Å². The van der Waals surface area contributed by atoms with E-state index in [4.69, 9.17) is 18.3 Å². The zero-order chi connectivity index (χ0) is 65.4. The molecule has 0 radical (unpaired) electrons. The Hall–Kier alpha value is -7.01. The Balaban J connectivity index is 0.000000231. The van der Waals surface area contributed by atoms with E-state index in [1.165, 1.54) is 43.4 Å². The molecule has 92 heavy (non-hydrogen) atoms. The number of anilines is 2. The number of hydrogen-bond acceptors (Lipinski definition) is 10. The van der Waals surface area contributed by atoms with Gasteiger partial charge in [0.1, 0.15) is 24.7 Å². The van der Waals surface area contributed by atoms with E-state index in [1.54, 1.807) is 0 Å². The van der Waals surface area contributed by atoms with Gasteiger partial charge in [-0.15, -0.1) is 22.7 Å². The fourth-order valence-electron chi connectivity index (χ4n) is 11.4. The van der Waals surface area contributed by atoms with Crippen LogP contribution < -0.4 is 40.0 Å². The molecule has 474 valence electrons. The average Bonchev–Trinajstić information content (AvgIpc) is 0.912. The van der Waals surface area contributed by atoms with Crippen LogP contribution in [0.2, 0.25) is 10.1 Å². The van der Waals surface area contributed by atoms with Crippen molar-refractivity contribution in [3.8, 4) is 11.5 Å². The fraction of sp³-hybridized carbons (Fsp3) is 0.205. The van der Waals surface area contributed by atoms with Crippen molar-refractivity contribution in [3.63, 3.8) is 0 Å². The van der Waals surface area contributed by atoms with Crippen molar-refractivity contribution >= 4 is 146 Å². The zero-order valence-corrected chi connectivity index (χ0v) is 61.7. The van der Waals surface area contributed by atoms with Crippen LogP contribution in [0.25, 0.3) is 24.3 Å². The molecule has 0 N–H and O–H groups in total. The first-order valence-corrected chi connectivity index (χ1v) is 42.5. The number of halogens is 2. The predicted molar refractivity (Wildman–Crippen MR) is 413 cm³/mol. The van der Waals surface area contributed by atoms with Crippen molar-refractivity contribution < 1.29 is 27.9 Å². The highest BCUT2D eigenvalue weighted by Gasteiger charge is 2.51. The third-order valence-electron chi connectivity index (χ3n) is 16.1. The zero-order valence-electron chi connectivity index (χ0n) is 53.7. The molecule has 0 unspecified atom stereocenters. The van der Waals surface area contributed by atoms with E-state index >= 15 is 0 Å². The highest BCUT2D eigenvalue weighted by molar-refractivity contribution is 15.0. The molecule has 8 aromatic carbocycles. The van der Waals surface area contributed by atoms with Crippen LogP contribution >= 0.6 is 59.9 Å². The summed E-state index contributed by atoms with van der Waals surface area (Å²) in [5.74, 6) is 1.61. The van der Waals surface area contributed by atoms with Crippen LogP contribution in [-0.4, -0.2) is 69.6 Å². The average molecular weight is 1520 g/mol. The summed E-state index contributed by atoms with van der Waals surface area (Å²) >= 11 is 7.18. The van der Waals surface area contributed by atoms with Gasteiger partial charge in [-0.2, -0.15) is 0 Å². The number of carbonyl (C=O) groups excluding carboxylic acids is 2.